The van der Waals surface area contributed by atoms with E-state index in [-0.39, 0.29) is 11.7 Å². The molecular formula is C14H11BrClN3O2. The summed E-state index contributed by atoms with van der Waals surface area (Å²) in [6.45, 7) is 1.83. The lowest BCUT2D eigenvalue weighted by Gasteiger charge is -2.03. The van der Waals surface area contributed by atoms with Gasteiger partial charge in [-0.3, -0.25) is 9.78 Å². The first-order chi connectivity index (χ1) is 9.97. The predicted octanol–water partition coefficient (Wildman–Crippen LogP) is 3.28. The Kier molecular flexibility index (Phi) is 4.93. The number of hydrogen-bond acceptors (Lipinski definition) is 4. The van der Waals surface area contributed by atoms with E-state index in [9.17, 15) is 9.90 Å². The summed E-state index contributed by atoms with van der Waals surface area (Å²) in [4.78, 5) is 15.8. The molecule has 0 unspecified atom stereocenters. The Labute approximate surface area is 134 Å². The second-order valence-corrected chi connectivity index (χ2v) is 5.50. The molecule has 0 saturated carbocycles. The molecule has 0 fully saturated rings. The van der Waals surface area contributed by atoms with Crippen LogP contribution in [0.15, 0.2) is 40.0 Å². The fourth-order valence-corrected chi connectivity index (χ4v) is 2.35. The molecule has 2 rings (SSSR count). The molecule has 1 aromatic heterocycles. The SMILES string of the molecule is Cc1ccc(C(=O)N/N=C\c2cc(Cl)cc(Br)c2O)cn1. The number of pyridine rings is 1. The number of carbonyl (C=O) groups is 1. The minimum Gasteiger partial charge on any atom is -0.506 e. The van der Waals surface area contributed by atoms with Crippen LogP contribution in [-0.2, 0) is 0 Å². The molecule has 5 nitrogen and oxygen atoms in total. The van der Waals surface area contributed by atoms with Crippen LogP contribution < -0.4 is 5.43 Å². The average Bonchev–Trinajstić information content (AvgIpc) is 2.44. The maximum absolute atomic E-state index is 11.8. The number of aromatic nitrogens is 1. The van der Waals surface area contributed by atoms with Gasteiger partial charge < -0.3 is 5.11 Å². The molecule has 1 aromatic carbocycles. The van der Waals surface area contributed by atoms with Crippen LogP contribution in [0.1, 0.15) is 21.6 Å². The van der Waals surface area contributed by atoms with Gasteiger partial charge in [-0.1, -0.05) is 11.6 Å². The highest BCUT2D eigenvalue weighted by Gasteiger charge is 2.07. The maximum Gasteiger partial charge on any atom is 0.272 e. The van der Waals surface area contributed by atoms with E-state index < -0.39 is 0 Å². The van der Waals surface area contributed by atoms with Gasteiger partial charge in [-0.25, -0.2) is 5.43 Å². The first-order valence-corrected chi connectivity index (χ1v) is 7.08. The normalized spacial score (nSPS) is 10.8. The molecule has 0 bridgehead atoms. The average molecular weight is 369 g/mol. The van der Waals surface area contributed by atoms with Crippen molar-refractivity contribution in [1.29, 1.82) is 0 Å². The number of nitrogens with one attached hydrogen (secondary N) is 1. The molecule has 1 amide bonds. The number of rotatable bonds is 3. The third-order valence-electron chi connectivity index (χ3n) is 2.60. The van der Waals surface area contributed by atoms with E-state index in [1.165, 1.54) is 18.5 Å². The van der Waals surface area contributed by atoms with E-state index in [4.69, 9.17) is 11.6 Å². The minimum atomic E-state index is -0.390. The van der Waals surface area contributed by atoms with Crippen LogP contribution in [0.2, 0.25) is 5.02 Å². The smallest absolute Gasteiger partial charge is 0.272 e. The lowest BCUT2D eigenvalue weighted by molar-refractivity contribution is 0.0954. The van der Waals surface area contributed by atoms with Crippen LogP contribution in [0.25, 0.3) is 0 Å². The fourth-order valence-electron chi connectivity index (χ4n) is 1.51. The van der Waals surface area contributed by atoms with Crippen molar-refractivity contribution in [3.8, 4) is 5.75 Å². The van der Waals surface area contributed by atoms with Crippen molar-refractivity contribution in [1.82, 2.24) is 10.4 Å². The Balaban J connectivity index is 2.09. The third kappa shape index (κ3) is 4.03. The van der Waals surface area contributed by atoms with Gasteiger partial charge in [0.1, 0.15) is 5.75 Å². The molecule has 7 heteroatoms. The number of halogens is 2. The fraction of sp³-hybridized carbons (Fsp3) is 0.0714. The summed E-state index contributed by atoms with van der Waals surface area (Å²) in [5.74, 6) is -0.395. The van der Waals surface area contributed by atoms with Crippen LogP contribution in [0.4, 0.5) is 0 Å². The molecule has 0 aliphatic carbocycles. The summed E-state index contributed by atoms with van der Waals surface area (Å²) < 4.78 is 0.450. The molecule has 2 aromatic rings. The Morgan fingerprint density at radius 1 is 1.48 bits per heavy atom. The number of aryl methyl sites for hydroxylation is 1. The molecule has 0 aliphatic heterocycles. The molecule has 2 N–H and O–H groups in total. The monoisotopic (exact) mass is 367 g/mol. The van der Waals surface area contributed by atoms with Crippen molar-refractivity contribution in [2.75, 3.05) is 0 Å². The Hall–Kier alpha value is -1.92. The van der Waals surface area contributed by atoms with Crippen molar-refractivity contribution in [2.45, 2.75) is 6.92 Å². The van der Waals surface area contributed by atoms with Crippen LogP contribution in [0.3, 0.4) is 0 Å². The standard InChI is InChI=1S/C14H11BrClN3O2/c1-8-2-3-9(6-17-8)14(21)19-18-7-10-4-11(16)5-12(15)13(10)20/h2-7,20H,1H3,(H,19,21)/b18-7-. The number of amides is 1. The Morgan fingerprint density at radius 3 is 2.90 bits per heavy atom. The zero-order valence-electron chi connectivity index (χ0n) is 11.0. The molecule has 0 saturated heterocycles. The molecular weight excluding hydrogens is 358 g/mol. The quantitative estimate of drug-likeness (QED) is 0.645. The predicted molar refractivity (Wildman–Crippen MR) is 84.9 cm³/mol. The van der Waals surface area contributed by atoms with Gasteiger partial charge in [-0.05, 0) is 47.1 Å². The van der Waals surface area contributed by atoms with E-state index >= 15 is 0 Å². The molecule has 21 heavy (non-hydrogen) atoms. The highest BCUT2D eigenvalue weighted by molar-refractivity contribution is 9.10. The van der Waals surface area contributed by atoms with Crippen LogP contribution in [0.5, 0.6) is 5.75 Å². The van der Waals surface area contributed by atoms with Crippen LogP contribution >= 0.6 is 27.5 Å². The largest absolute Gasteiger partial charge is 0.506 e. The third-order valence-corrected chi connectivity index (χ3v) is 3.42. The van der Waals surface area contributed by atoms with Gasteiger partial charge in [0.2, 0.25) is 0 Å². The maximum atomic E-state index is 11.8. The Morgan fingerprint density at radius 2 is 2.24 bits per heavy atom. The van der Waals surface area contributed by atoms with E-state index in [1.54, 1.807) is 18.2 Å². The van der Waals surface area contributed by atoms with Gasteiger partial charge in [0, 0.05) is 22.5 Å². The molecule has 1 heterocycles. The molecule has 0 aliphatic rings. The van der Waals surface area contributed by atoms with Gasteiger partial charge in [0.25, 0.3) is 5.91 Å². The first kappa shape index (κ1) is 15.5. The first-order valence-electron chi connectivity index (χ1n) is 5.91. The van der Waals surface area contributed by atoms with Crippen LogP contribution in [-0.4, -0.2) is 22.2 Å². The number of hydrogen-bond donors (Lipinski definition) is 2. The summed E-state index contributed by atoms with van der Waals surface area (Å²) in [7, 11) is 0. The summed E-state index contributed by atoms with van der Waals surface area (Å²) in [6.07, 6.45) is 2.78. The van der Waals surface area contributed by atoms with Gasteiger partial charge >= 0.3 is 0 Å². The second kappa shape index (κ2) is 6.69. The molecule has 0 radical (unpaired) electrons. The lowest BCUT2D eigenvalue weighted by Crippen LogP contribution is -2.17. The van der Waals surface area contributed by atoms with Crippen molar-refractivity contribution in [3.05, 3.63) is 56.8 Å². The summed E-state index contributed by atoms with van der Waals surface area (Å²) in [6, 6.07) is 6.48. The lowest BCUT2D eigenvalue weighted by atomic mass is 10.2. The second-order valence-electron chi connectivity index (χ2n) is 4.21. The molecule has 108 valence electrons. The summed E-state index contributed by atoms with van der Waals surface area (Å²) >= 11 is 9.05. The van der Waals surface area contributed by atoms with Crippen molar-refractivity contribution < 1.29 is 9.90 Å². The van der Waals surface area contributed by atoms with E-state index in [0.29, 0.717) is 20.6 Å². The zero-order valence-corrected chi connectivity index (χ0v) is 13.3. The molecule has 0 spiro atoms. The number of aromatic hydroxyl groups is 1. The summed E-state index contributed by atoms with van der Waals surface area (Å²) in [5.41, 5.74) is 3.96. The van der Waals surface area contributed by atoms with Gasteiger partial charge in [0.05, 0.1) is 16.3 Å². The van der Waals surface area contributed by atoms with Gasteiger partial charge in [0.15, 0.2) is 0 Å². The zero-order chi connectivity index (χ0) is 15.4. The number of phenolic OH excluding ortho intramolecular Hbond substituents is 1. The number of nitrogens with zero attached hydrogens (tertiary/aromatic N) is 2. The van der Waals surface area contributed by atoms with E-state index in [1.807, 2.05) is 6.92 Å². The summed E-state index contributed by atoms with van der Waals surface area (Å²) in [5, 5.41) is 14.0. The van der Waals surface area contributed by atoms with Crippen molar-refractivity contribution in [3.63, 3.8) is 0 Å². The minimum absolute atomic E-state index is 0.00518. The Bertz CT molecular complexity index is 702. The van der Waals surface area contributed by atoms with Gasteiger partial charge in [-0.15, -0.1) is 0 Å². The number of hydrazone groups is 1. The number of carbonyl (C=O) groups excluding carboxylic acids is 1. The van der Waals surface area contributed by atoms with E-state index in [0.717, 1.165) is 5.69 Å². The van der Waals surface area contributed by atoms with E-state index in [2.05, 4.69) is 31.4 Å². The highest BCUT2D eigenvalue weighted by atomic mass is 79.9. The van der Waals surface area contributed by atoms with Crippen LogP contribution in [0, 0.1) is 6.92 Å². The molecule has 0 atom stereocenters. The van der Waals surface area contributed by atoms with Crippen molar-refractivity contribution in [2.24, 2.45) is 5.10 Å². The van der Waals surface area contributed by atoms with Crippen molar-refractivity contribution >= 4 is 39.7 Å². The topological polar surface area (TPSA) is 74.6 Å². The number of phenols is 1. The highest BCUT2D eigenvalue weighted by Crippen LogP contribution is 2.30. The van der Waals surface area contributed by atoms with Gasteiger partial charge in [-0.2, -0.15) is 5.10 Å². The number of benzene rings is 1.